The quantitative estimate of drug-likeness (QED) is 0.417. The second-order valence-electron chi connectivity index (χ2n) is 7.75. The monoisotopic (exact) mass is 500 g/mol. The maximum Gasteiger partial charge on any atom is 0.338 e. The summed E-state index contributed by atoms with van der Waals surface area (Å²) in [5.74, 6) is -1.07. The molecule has 0 saturated carbocycles. The molecule has 0 saturated heterocycles. The number of anilines is 2. The molecule has 178 valence electrons. The maximum atomic E-state index is 13.1. The van der Waals surface area contributed by atoms with E-state index in [0.717, 1.165) is 11.1 Å². The highest BCUT2D eigenvalue weighted by atomic mass is 35.5. The highest BCUT2D eigenvalue weighted by molar-refractivity contribution is 7.92. The Morgan fingerprint density at radius 2 is 1.56 bits per heavy atom. The Hall–Kier alpha value is -3.36. The van der Waals surface area contributed by atoms with Crippen molar-refractivity contribution in [1.82, 2.24) is 0 Å². The third-order valence-electron chi connectivity index (χ3n) is 5.23. The summed E-state index contributed by atoms with van der Waals surface area (Å²) in [6.07, 6.45) is 0. The van der Waals surface area contributed by atoms with Crippen LogP contribution in [0.5, 0.6) is 0 Å². The first kappa shape index (κ1) is 25.3. The van der Waals surface area contributed by atoms with Crippen LogP contribution in [0.4, 0.5) is 11.4 Å². The number of nitrogens with one attached hydrogen (secondary N) is 2. The number of rotatable bonds is 7. The molecule has 1 amide bonds. The smallest absolute Gasteiger partial charge is 0.338 e. The minimum Gasteiger partial charge on any atom is -0.462 e. The van der Waals surface area contributed by atoms with Crippen molar-refractivity contribution in [3.63, 3.8) is 0 Å². The van der Waals surface area contributed by atoms with E-state index in [0.29, 0.717) is 11.3 Å². The van der Waals surface area contributed by atoms with Gasteiger partial charge in [0.1, 0.15) is 0 Å². The normalized spacial score (nSPS) is 11.1. The Kier molecular flexibility index (Phi) is 7.64. The van der Waals surface area contributed by atoms with Gasteiger partial charge in [0.15, 0.2) is 0 Å². The molecule has 3 aromatic rings. The summed E-state index contributed by atoms with van der Waals surface area (Å²) in [4.78, 5) is 24.7. The van der Waals surface area contributed by atoms with Gasteiger partial charge < -0.3 is 10.1 Å². The number of carbonyl (C=O) groups excluding carboxylic acids is 2. The summed E-state index contributed by atoms with van der Waals surface area (Å²) in [7, 11) is -3.94. The van der Waals surface area contributed by atoms with Gasteiger partial charge in [0.25, 0.3) is 15.9 Å². The standard InChI is InChI=1S/C25H25ClN2O5S/c1-5-33-25(30)19-9-11-22(21(26)13-19)27-24(29)18-8-6-16(3)23(14-18)34(31,32)28-20-10-7-15(2)17(4)12-20/h6-14,28H,5H2,1-4H3,(H,27,29). The van der Waals surface area contributed by atoms with Gasteiger partial charge in [-0.3, -0.25) is 9.52 Å². The van der Waals surface area contributed by atoms with Gasteiger partial charge in [0, 0.05) is 11.3 Å². The minimum absolute atomic E-state index is 0.0119. The molecule has 3 aromatic carbocycles. The van der Waals surface area contributed by atoms with Gasteiger partial charge in [-0.1, -0.05) is 23.7 Å². The number of esters is 1. The summed E-state index contributed by atoms with van der Waals surface area (Å²) in [6, 6.07) is 14.0. The minimum atomic E-state index is -3.94. The van der Waals surface area contributed by atoms with E-state index in [-0.39, 0.29) is 33.3 Å². The SMILES string of the molecule is CCOC(=O)c1ccc(NC(=O)c2ccc(C)c(S(=O)(=O)Nc3ccc(C)c(C)c3)c2)c(Cl)c1. The first-order chi connectivity index (χ1) is 16.0. The van der Waals surface area contributed by atoms with Gasteiger partial charge in [-0.2, -0.15) is 0 Å². The molecular formula is C25H25ClN2O5S. The number of hydrogen-bond donors (Lipinski definition) is 2. The van der Waals surface area contributed by atoms with Gasteiger partial charge in [-0.25, -0.2) is 13.2 Å². The first-order valence-corrected chi connectivity index (χ1v) is 12.4. The predicted molar refractivity (Wildman–Crippen MR) is 133 cm³/mol. The maximum absolute atomic E-state index is 13.1. The number of carbonyl (C=O) groups is 2. The molecule has 0 aliphatic rings. The number of sulfonamides is 1. The van der Waals surface area contributed by atoms with Gasteiger partial charge in [0.05, 0.1) is 27.8 Å². The van der Waals surface area contributed by atoms with Crippen LogP contribution in [0.15, 0.2) is 59.5 Å². The van der Waals surface area contributed by atoms with Crippen molar-refractivity contribution in [2.45, 2.75) is 32.6 Å². The lowest BCUT2D eigenvalue weighted by molar-refractivity contribution is 0.0526. The van der Waals surface area contributed by atoms with Crippen LogP contribution < -0.4 is 10.0 Å². The molecule has 0 aromatic heterocycles. The van der Waals surface area contributed by atoms with Gasteiger partial charge in [0.2, 0.25) is 0 Å². The molecule has 0 unspecified atom stereocenters. The van der Waals surface area contributed by atoms with Crippen molar-refractivity contribution in [1.29, 1.82) is 0 Å². The van der Waals surface area contributed by atoms with E-state index >= 15 is 0 Å². The lowest BCUT2D eigenvalue weighted by Gasteiger charge is -2.14. The second-order valence-corrected chi connectivity index (χ2v) is 9.81. The second kappa shape index (κ2) is 10.3. The lowest BCUT2D eigenvalue weighted by Crippen LogP contribution is -2.17. The molecule has 2 N–H and O–H groups in total. The van der Waals surface area contributed by atoms with E-state index in [9.17, 15) is 18.0 Å². The van der Waals surface area contributed by atoms with Crippen LogP contribution in [0.25, 0.3) is 0 Å². The van der Waals surface area contributed by atoms with Gasteiger partial charge in [-0.05, 0) is 86.8 Å². The molecule has 34 heavy (non-hydrogen) atoms. The molecule has 0 heterocycles. The number of amides is 1. The van der Waals surface area contributed by atoms with Crippen molar-refractivity contribution < 1.29 is 22.7 Å². The molecule has 0 fully saturated rings. The van der Waals surface area contributed by atoms with E-state index < -0.39 is 21.9 Å². The van der Waals surface area contributed by atoms with Crippen LogP contribution >= 0.6 is 11.6 Å². The number of aryl methyl sites for hydroxylation is 3. The van der Waals surface area contributed by atoms with E-state index in [4.69, 9.17) is 16.3 Å². The van der Waals surface area contributed by atoms with Gasteiger partial charge >= 0.3 is 5.97 Å². The molecule has 3 rings (SSSR count). The van der Waals surface area contributed by atoms with Gasteiger partial charge in [-0.15, -0.1) is 0 Å². The zero-order chi connectivity index (χ0) is 25.0. The highest BCUT2D eigenvalue weighted by Crippen LogP contribution is 2.26. The van der Waals surface area contributed by atoms with Crippen molar-refractivity contribution in [2.24, 2.45) is 0 Å². The number of benzene rings is 3. The Bertz CT molecular complexity index is 1370. The first-order valence-electron chi connectivity index (χ1n) is 10.5. The van der Waals surface area contributed by atoms with Crippen LogP contribution in [-0.4, -0.2) is 26.9 Å². The topological polar surface area (TPSA) is 102 Å². The Balaban J connectivity index is 1.84. The van der Waals surface area contributed by atoms with Crippen LogP contribution in [-0.2, 0) is 14.8 Å². The van der Waals surface area contributed by atoms with Crippen LogP contribution in [0.2, 0.25) is 5.02 Å². The Morgan fingerprint density at radius 3 is 2.21 bits per heavy atom. The van der Waals surface area contributed by atoms with Crippen molar-refractivity contribution in [2.75, 3.05) is 16.6 Å². The molecular weight excluding hydrogens is 476 g/mol. The number of ether oxygens (including phenoxy) is 1. The number of halogens is 1. The third-order valence-corrected chi connectivity index (χ3v) is 7.06. The molecule has 0 aliphatic carbocycles. The third kappa shape index (κ3) is 5.76. The van der Waals surface area contributed by atoms with E-state index in [1.54, 1.807) is 32.0 Å². The fraction of sp³-hybridized carbons (Fsp3) is 0.200. The molecule has 0 bridgehead atoms. The van der Waals surface area contributed by atoms with E-state index in [1.165, 1.54) is 30.3 Å². The zero-order valence-electron chi connectivity index (χ0n) is 19.2. The molecule has 0 atom stereocenters. The van der Waals surface area contributed by atoms with Crippen molar-refractivity contribution in [3.8, 4) is 0 Å². The molecule has 0 aliphatic heterocycles. The fourth-order valence-electron chi connectivity index (χ4n) is 3.20. The van der Waals surface area contributed by atoms with E-state index in [2.05, 4.69) is 10.0 Å². The summed E-state index contributed by atoms with van der Waals surface area (Å²) < 4.78 is 33.6. The van der Waals surface area contributed by atoms with Crippen LogP contribution in [0.3, 0.4) is 0 Å². The van der Waals surface area contributed by atoms with Crippen molar-refractivity contribution in [3.05, 3.63) is 87.4 Å². The largest absolute Gasteiger partial charge is 0.462 e. The predicted octanol–water partition coefficient (Wildman–Crippen LogP) is 5.50. The average molecular weight is 501 g/mol. The molecule has 0 radical (unpaired) electrons. The molecule has 0 spiro atoms. The summed E-state index contributed by atoms with van der Waals surface area (Å²) in [5.41, 5.74) is 3.60. The van der Waals surface area contributed by atoms with Crippen LogP contribution in [0.1, 0.15) is 44.3 Å². The van der Waals surface area contributed by atoms with E-state index in [1.807, 2.05) is 19.9 Å². The summed E-state index contributed by atoms with van der Waals surface area (Å²) in [6.45, 7) is 7.42. The Morgan fingerprint density at radius 1 is 0.882 bits per heavy atom. The molecule has 7 nitrogen and oxygen atoms in total. The molecule has 9 heteroatoms. The van der Waals surface area contributed by atoms with Crippen molar-refractivity contribution >= 4 is 44.9 Å². The zero-order valence-corrected chi connectivity index (χ0v) is 20.8. The highest BCUT2D eigenvalue weighted by Gasteiger charge is 2.20. The number of hydrogen-bond acceptors (Lipinski definition) is 5. The summed E-state index contributed by atoms with van der Waals surface area (Å²) in [5, 5.41) is 2.80. The fourth-order valence-corrected chi connectivity index (χ4v) is 4.75. The summed E-state index contributed by atoms with van der Waals surface area (Å²) >= 11 is 6.22. The Labute approximate surface area is 204 Å². The average Bonchev–Trinajstić information content (AvgIpc) is 2.77. The van der Waals surface area contributed by atoms with Crippen LogP contribution in [0, 0.1) is 20.8 Å². The lowest BCUT2D eigenvalue weighted by atomic mass is 10.1.